The Balaban J connectivity index is 2.27. The fourth-order valence-electron chi connectivity index (χ4n) is 6.71. The van der Waals surface area contributed by atoms with E-state index >= 15 is 0 Å². The van der Waals surface area contributed by atoms with E-state index in [2.05, 4.69) is 88.9 Å². The van der Waals surface area contributed by atoms with Crippen molar-refractivity contribution in [3.8, 4) is 0 Å². The van der Waals surface area contributed by atoms with Gasteiger partial charge in [-0.25, -0.2) is 9.78 Å². The summed E-state index contributed by atoms with van der Waals surface area (Å²) in [5.74, 6) is -0.457. The zero-order chi connectivity index (χ0) is 32.2. The molecule has 0 bridgehead atoms. The molecule has 10 heteroatoms. The van der Waals surface area contributed by atoms with E-state index in [0.29, 0.717) is 38.7 Å². The quantitative estimate of drug-likeness (QED) is 0.125. The van der Waals surface area contributed by atoms with Gasteiger partial charge in [-0.2, -0.15) is 0 Å². The molecule has 0 fully saturated rings. The highest BCUT2D eigenvalue weighted by Crippen LogP contribution is 2.43. The van der Waals surface area contributed by atoms with Gasteiger partial charge in [0.1, 0.15) is 6.04 Å². The summed E-state index contributed by atoms with van der Waals surface area (Å²) in [5, 5.41) is 0.556. The van der Waals surface area contributed by atoms with Crippen molar-refractivity contribution in [2.45, 2.75) is 110 Å². The summed E-state index contributed by atoms with van der Waals surface area (Å²) in [6.07, 6.45) is 2.93. The van der Waals surface area contributed by atoms with Crippen molar-refractivity contribution in [1.29, 1.82) is 0 Å². The molecule has 1 aromatic heterocycles. The molecule has 4 unspecified atom stereocenters. The number of esters is 1. The maximum absolute atomic E-state index is 13.5. The number of hydrogen-bond acceptors (Lipinski definition) is 5. The van der Waals surface area contributed by atoms with Crippen molar-refractivity contribution < 1.29 is 14.0 Å². The first-order valence-electron chi connectivity index (χ1n) is 15.4. The van der Waals surface area contributed by atoms with E-state index in [1.807, 2.05) is 24.3 Å². The number of rotatable bonds is 12. The zero-order valence-electron chi connectivity index (χ0n) is 27.2. The minimum atomic E-state index is -2.15. The molecule has 43 heavy (non-hydrogen) atoms. The van der Waals surface area contributed by atoms with E-state index < -0.39 is 20.3 Å². The van der Waals surface area contributed by atoms with E-state index in [4.69, 9.17) is 42.3 Å². The maximum atomic E-state index is 13.5. The molecular weight excluding hydrogens is 665 g/mol. The van der Waals surface area contributed by atoms with Gasteiger partial charge in [0.25, 0.3) is 0 Å². The number of imidazole rings is 1. The number of nitrogens with zero attached hydrogens (tertiary/aromatic N) is 3. The number of allylic oxidation sites excluding steroid dienone is 2. The summed E-state index contributed by atoms with van der Waals surface area (Å²) in [6, 6.07) is 6.89. The molecule has 1 aliphatic rings. The average molecular weight is 714 g/mol. The fraction of sp³-hybridized carbons (Fsp3) is 0.606. The lowest BCUT2D eigenvalue weighted by atomic mass is 9.87. The van der Waals surface area contributed by atoms with Crippen molar-refractivity contribution in [3.63, 3.8) is 0 Å². The first-order valence-corrected chi connectivity index (χ1v) is 19.1. The molecule has 0 aliphatic heterocycles. The Bertz CT molecular complexity index is 1300. The van der Waals surface area contributed by atoms with Crippen LogP contribution in [0.1, 0.15) is 109 Å². The maximum Gasteiger partial charge on any atom is 0.358 e. The largest absolute Gasteiger partial charge is 0.461 e. The Labute approximate surface area is 277 Å². The molecule has 2 aromatic rings. The predicted octanol–water partition coefficient (Wildman–Crippen LogP) is 10.4. The Morgan fingerprint density at radius 3 is 2.23 bits per heavy atom. The molecule has 0 saturated heterocycles. The van der Waals surface area contributed by atoms with Gasteiger partial charge < -0.3 is 13.7 Å². The standard InChI is InChI=1S/C33H48BrCl2N3O3Si/c1-11-41-32(40)30-31(39(33(34)38-30)23(9)18-42-43(19(2)3,20(4)5)21(6)7)29(25-13-15-26(35)16-14-25)37-28-22(8)12-17-27(36)24(28)10/h12-16,19-21,23-24,27,29H,11,17-18H2,1-10H3. The summed E-state index contributed by atoms with van der Waals surface area (Å²) in [6.45, 7) is 22.5. The van der Waals surface area contributed by atoms with Gasteiger partial charge >= 0.3 is 5.97 Å². The van der Waals surface area contributed by atoms with Gasteiger partial charge in [0.2, 0.25) is 0 Å². The van der Waals surface area contributed by atoms with E-state index in [1.54, 1.807) is 6.92 Å². The van der Waals surface area contributed by atoms with Crippen LogP contribution in [0.5, 0.6) is 0 Å². The number of alkyl halides is 1. The van der Waals surface area contributed by atoms with Crippen molar-refractivity contribution in [2.75, 3.05) is 13.2 Å². The fourth-order valence-corrected chi connectivity index (χ4v) is 13.3. The van der Waals surface area contributed by atoms with Crippen LogP contribution in [0.3, 0.4) is 0 Å². The van der Waals surface area contributed by atoms with Crippen LogP contribution in [-0.4, -0.2) is 48.1 Å². The van der Waals surface area contributed by atoms with Crippen LogP contribution in [-0.2, 0) is 9.16 Å². The third-order valence-electron chi connectivity index (χ3n) is 8.84. The van der Waals surface area contributed by atoms with Crippen molar-refractivity contribution in [2.24, 2.45) is 10.9 Å². The van der Waals surface area contributed by atoms with Crippen molar-refractivity contribution in [3.05, 3.63) is 62.6 Å². The van der Waals surface area contributed by atoms with Crippen LogP contribution in [0.15, 0.2) is 45.6 Å². The van der Waals surface area contributed by atoms with Gasteiger partial charge in [-0.05, 0) is 83.0 Å². The first-order chi connectivity index (χ1) is 20.2. The zero-order valence-corrected chi connectivity index (χ0v) is 31.3. The van der Waals surface area contributed by atoms with Gasteiger partial charge in [-0.3, -0.25) is 4.99 Å². The predicted molar refractivity (Wildman–Crippen MR) is 186 cm³/mol. The van der Waals surface area contributed by atoms with Gasteiger partial charge in [-0.1, -0.05) is 78.3 Å². The van der Waals surface area contributed by atoms with E-state index in [9.17, 15) is 4.79 Å². The Kier molecular flexibility index (Phi) is 12.7. The van der Waals surface area contributed by atoms with Crippen LogP contribution >= 0.6 is 39.1 Å². The molecule has 1 aliphatic carbocycles. The number of halogens is 3. The van der Waals surface area contributed by atoms with Gasteiger partial charge in [-0.15, -0.1) is 11.6 Å². The summed E-state index contributed by atoms with van der Waals surface area (Å²) < 4.78 is 15.1. The SMILES string of the molecule is CCOC(=O)c1nc(Br)n(C(C)CO[Si](C(C)C)(C(C)C)C(C)C)c1C(N=C1C(C)=CCC(Cl)C1C)c1ccc(Cl)cc1. The second kappa shape index (κ2) is 15.2. The average Bonchev–Trinajstić information content (AvgIpc) is 3.28. The van der Waals surface area contributed by atoms with Crippen LogP contribution in [0.25, 0.3) is 0 Å². The lowest BCUT2D eigenvalue weighted by molar-refractivity contribution is 0.0518. The summed E-state index contributed by atoms with van der Waals surface area (Å²) in [5.41, 5.74) is 5.11. The molecule has 1 aromatic carbocycles. The molecular formula is C33H48BrCl2N3O3Si. The number of aromatic nitrogens is 2. The van der Waals surface area contributed by atoms with Crippen molar-refractivity contribution in [1.82, 2.24) is 9.55 Å². The van der Waals surface area contributed by atoms with Gasteiger partial charge in [0.05, 0.1) is 24.9 Å². The monoisotopic (exact) mass is 711 g/mol. The number of benzene rings is 1. The number of carbonyl (C=O) groups is 1. The van der Waals surface area contributed by atoms with Crippen molar-refractivity contribution >= 4 is 59.1 Å². The van der Waals surface area contributed by atoms with Gasteiger partial charge in [0, 0.05) is 22.0 Å². The van der Waals surface area contributed by atoms with Gasteiger partial charge in [0.15, 0.2) is 18.7 Å². The summed E-state index contributed by atoms with van der Waals surface area (Å²) in [7, 11) is -2.15. The van der Waals surface area contributed by atoms with Crippen LogP contribution in [0, 0.1) is 5.92 Å². The van der Waals surface area contributed by atoms with E-state index in [1.165, 1.54) is 0 Å². The van der Waals surface area contributed by atoms with Crippen LogP contribution in [0.2, 0.25) is 21.6 Å². The normalized spacial score (nSPS) is 20.2. The summed E-state index contributed by atoms with van der Waals surface area (Å²) >= 11 is 16.8. The topological polar surface area (TPSA) is 65.7 Å². The highest BCUT2D eigenvalue weighted by Gasteiger charge is 2.45. The highest BCUT2D eigenvalue weighted by molar-refractivity contribution is 9.10. The lowest BCUT2D eigenvalue weighted by Crippen LogP contribution is -2.48. The first kappa shape index (κ1) is 36.0. The van der Waals surface area contributed by atoms with Crippen LogP contribution < -0.4 is 0 Å². The summed E-state index contributed by atoms with van der Waals surface area (Å²) in [4.78, 5) is 23.6. The van der Waals surface area contributed by atoms with Crippen LogP contribution in [0.4, 0.5) is 0 Å². The van der Waals surface area contributed by atoms with E-state index in [0.717, 1.165) is 23.3 Å². The molecule has 3 rings (SSSR count). The molecule has 0 spiro atoms. The Morgan fingerprint density at radius 2 is 1.70 bits per heavy atom. The third-order valence-corrected chi connectivity index (χ3v) is 16.3. The molecule has 0 amide bonds. The number of aliphatic imine (C=N–C) groups is 1. The number of ether oxygens (including phenoxy) is 1. The lowest BCUT2D eigenvalue weighted by Gasteiger charge is -2.43. The Morgan fingerprint density at radius 1 is 1.12 bits per heavy atom. The molecule has 238 valence electrons. The molecule has 0 N–H and O–H groups in total. The molecule has 0 radical (unpaired) electrons. The Hall–Kier alpha value is -1.45. The minimum Gasteiger partial charge on any atom is -0.461 e. The molecule has 4 atom stereocenters. The number of carbonyl (C=O) groups excluding carboxylic acids is 1. The number of hydrogen-bond donors (Lipinski definition) is 0. The highest BCUT2D eigenvalue weighted by atomic mass is 79.9. The molecule has 1 heterocycles. The minimum absolute atomic E-state index is 0.0304. The van der Waals surface area contributed by atoms with E-state index in [-0.39, 0.29) is 29.6 Å². The molecule has 0 saturated carbocycles. The smallest absolute Gasteiger partial charge is 0.358 e. The second-order valence-electron chi connectivity index (χ2n) is 12.6. The molecule has 6 nitrogen and oxygen atoms in total. The third kappa shape index (κ3) is 7.68. The second-order valence-corrected chi connectivity index (χ2v) is 19.7.